The number of benzene rings is 3. The van der Waals surface area contributed by atoms with Gasteiger partial charge in [-0.05, 0) is 61.2 Å². The van der Waals surface area contributed by atoms with Gasteiger partial charge in [0.15, 0.2) is 0 Å². The maximum absolute atomic E-state index is 12.9. The molecule has 0 unspecified atom stereocenters. The minimum absolute atomic E-state index is 0.0483. The van der Waals surface area contributed by atoms with Crippen LogP contribution in [-0.2, 0) is 17.8 Å². The van der Waals surface area contributed by atoms with Gasteiger partial charge >= 0.3 is 0 Å². The van der Waals surface area contributed by atoms with E-state index in [9.17, 15) is 4.79 Å². The Labute approximate surface area is 171 Å². The fourth-order valence-corrected chi connectivity index (χ4v) is 3.62. The van der Waals surface area contributed by atoms with E-state index >= 15 is 0 Å². The summed E-state index contributed by atoms with van der Waals surface area (Å²) in [5.74, 6) is 0.851. The highest BCUT2D eigenvalue weighted by molar-refractivity contribution is 5.92. The molecule has 4 nitrogen and oxygen atoms in total. The van der Waals surface area contributed by atoms with Gasteiger partial charge in [0.2, 0.25) is 5.91 Å². The smallest absolute Gasteiger partial charge is 0.244 e. The van der Waals surface area contributed by atoms with Crippen LogP contribution in [0.1, 0.15) is 28.1 Å². The maximum atomic E-state index is 12.9. The topological polar surface area (TPSA) is 46.9 Å². The predicted molar refractivity (Wildman–Crippen MR) is 118 cm³/mol. The predicted octanol–water partition coefficient (Wildman–Crippen LogP) is 5.19. The van der Waals surface area contributed by atoms with Crippen LogP contribution in [0.2, 0.25) is 0 Å². The van der Waals surface area contributed by atoms with Crippen molar-refractivity contribution < 1.29 is 4.79 Å². The van der Waals surface area contributed by atoms with Crippen LogP contribution >= 0.6 is 0 Å². The Morgan fingerprint density at radius 1 is 0.931 bits per heavy atom. The zero-order valence-electron chi connectivity index (χ0n) is 17.1. The lowest BCUT2D eigenvalue weighted by atomic mass is 10.1. The first-order chi connectivity index (χ1) is 14.0. The number of amides is 1. The number of para-hydroxylation sites is 2. The second kappa shape index (κ2) is 7.92. The summed E-state index contributed by atoms with van der Waals surface area (Å²) in [5, 5.41) is 3.07. The van der Waals surface area contributed by atoms with Gasteiger partial charge in [-0.15, -0.1) is 0 Å². The molecule has 0 fully saturated rings. The molecule has 1 N–H and O–H groups in total. The Balaban J connectivity index is 1.66. The summed E-state index contributed by atoms with van der Waals surface area (Å²) >= 11 is 0. The number of aryl methyl sites for hydroxylation is 3. The second-order valence-corrected chi connectivity index (χ2v) is 7.57. The van der Waals surface area contributed by atoms with Gasteiger partial charge in [0, 0.05) is 12.1 Å². The van der Waals surface area contributed by atoms with Crippen molar-refractivity contribution in [3.05, 3.63) is 94.8 Å². The van der Waals surface area contributed by atoms with Gasteiger partial charge in [0.05, 0.1) is 11.0 Å². The number of rotatable bonds is 5. The van der Waals surface area contributed by atoms with Gasteiger partial charge in [0.25, 0.3) is 0 Å². The Hall–Kier alpha value is -3.40. The van der Waals surface area contributed by atoms with Crippen molar-refractivity contribution in [2.24, 2.45) is 0 Å². The van der Waals surface area contributed by atoms with E-state index in [0.717, 1.165) is 33.7 Å². The van der Waals surface area contributed by atoms with Crippen LogP contribution in [0.25, 0.3) is 11.0 Å². The van der Waals surface area contributed by atoms with Crippen molar-refractivity contribution in [1.29, 1.82) is 0 Å². The van der Waals surface area contributed by atoms with Crippen molar-refractivity contribution >= 4 is 22.6 Å². The molecule has 4 rings (SSSR count). The van der Waals surface area contributed by atoms with Gasteiger partial charge in [-0.25, -0.2) is 4.98 Å². The molecule has 1 heterocycles. The Morgan fingerprint density at radius 3 is 2.52 bits per heavy atom. The van der Waals surface area contributed by atoms with Crippen LogP contribution in [0.4, 0.5) is 5.69 Å². The molecule has 0 saturated heterocycles. The summed E-state index contributed by atoms with van der Waals surface area (Å²) < 4.78 is 2.03. The zero-order chi connectivity index (χ0) is 20.4. The summed E-state index contributed by atoms with van der Waals surface area (Å²) in [4.78, 5) is 17.7. The molecule has 0 bridgehead atoms. The summed E-state index contributed by atoms with van der Waals surface area (Å²) in [6, 6.07) is 22.4. The number of imidazole rings is 1. The fourth-order valence-electron chi connectivity index (χ4n) is 3.62. The van der Waals surface area contributed by atoms with Gasteiger partial charge in [0.1, 0.15) is 12.4 Å². The average Bonchev–Trinajstić information content (AvgIpc) is 3.04. The van der Waals surface area contributed by atoms with Gasteiger partial charge < -0.3 is 9.88 Å². The molecule has 1 amide bonds. The van der Waals surface area contributed by atoms with Crippen molar-refractivity contribution in [2.45, 2.75) is 33.7 Å². The molecule has 146 valence electrons. The molecule has 0 aliphatic carbocycles. The maximum Gasteiger partial charge on any atom is 0.244 e. The number of carbonyl (C=O) groups is 1. The van der Waals surface area contributed by atoms with Crippen LogP contribution in [0.3, 0.4) is 0 Å². The first-order valence-corrected chi connectivity index (χ1v) is 9.87. The summed E-state index contributed by atoms with van der Waals surface area (Å²) in [7, 11) is 0. The summed E-state index contributed by atoms with van der Waals surface area (Å²) in [5.41, 5.74) is 7.38. The van der Waals surface area contributed by atoms with Crippen LogP contribution in [-0.4, -0.2) is 15.5 Å². The van der Waals surface area contributed by atoms with E-state index < -0.39 is 0 Å². The quantitative estimate of drug-likeness (QED) is 0.515. The molecular formula is C25H25N3O. The highest BCUT2D eigenvalue weighted by atomic mass is 16.1. The molecule has 29 heavy (non-hydrogen) atoms. The number of hydrogen-bond donors (Lipinski definition) is 1. The molecule has 4 aromatic rings. The molecule has 0 aliphatic rings. The van der Waals surface area contributed by atoms with Crippen molar-refractivity contribution in [3.8, 4) is 0 Å². The molecule has 4 heteroatoms. The number of hydrogen-bond acceptors (Lipinski definition) is 2. The van der Waals surface area contributed by atoms with E-state index in [1.165, 1.54) is 11.1 Å². The zero-order valence-corrected chi connectivity index (χ0v) is 17.1. The highest BCUT2D eigenvalue weighted by Gasteiger charge is 2.15. The van der Waals surface area contributed by atoms with Crippen molar-refractivity contribution in [2.75, 3.05) is 5.32 Å². The number of carbonyl (C=O) groups excluding carboxylic acids is 1. The van der Waals surface area contributed by atoms with Crippen LogP contribution in [0, 0.1) is 20.8 Å². The lowest BCUT2D eigenvalue weighted by Gasteiger charge is -2.13. The van der Waals surface area contributed by atoms with Crippen molar-refractivity contribution in [1.82, 2.24) is 9.55 Å². The first-order valence-electron chi connectivity index (χ1n) is 9.87. The van der Waals surface area contributed by atoms with Gasteiger partial charge in [-0.1, -0.05) is 48.5 Å². The monoisotopic (exact) mass is 383 g/mol. The molecule has 3 aromatic carbocycles. The normalized spacial score (nSPS) is 11.0. The van der Waals surface area contributed by atoms with Crippen molar-refractivity contribution in [3.63, 3.8) is 0 Å². The molecule has 0 aliphatic heterocycles. The molecule has 0 saturated carbocycles. The average molecular weight is 383 g/mol. The molecular weight excluding hydrogens is 358 g/mol. The number of nitrogens with one attached hydrogen (secondary N) is 1. The first kappa shape index (κ1) is 18.9. The largest absolute Gasteiger partial charge is 0.324 e. The second-order valence-electron chi connectivity index (χ2n) is 7.57. The van der Waals surface area contributed by atoms with Crippen LogP contribution in [0.5, 0.6) is 0 Å². The van der Waals surface area contributed by atoms with E-state index in [4.69, 9.17) is 4.98 Å². The standard InChI is InChI=1S/C25H25N3O/c1-17-12-13-19(3)22(14-17)27-25(29)16-28-23-11-7-6-10-21(23)26-24(28)15-20-9-5-4-8-18(20)2/h4-14H,15-16H2,1-3H3,(H,27,29). The molecule has 1 aromatic heterocycles. The Bertz CT molecular complexity index is 1190. The number of aromatic nitrogens is 2. The third-order valence-electron chi connectivity index (χ3n) is 5.31. The minimum Gasteiger partial charge on any atom is -0.324 e. The third kappa shape index (κ3) is 4.06. The minimum atomic E-state index is -0.0483. The number of anilines is 1. The Morgan fingerprint density at radius 2 is 1.69 bits per heavy atom. The van der Waals surface area contributed by atoms with E-state index in [0.29, 0.717) is 6.42 Å². The summed E-state index contributed by atoms with van der Waals surface area (Å²) in [6.07, 6.45) is 0.693. The Kier molecular flexibility index (Phi) is 5.17. The lowest BCUT2D eigenvalue weighted by Crippen LogP contribution is -2.21. The van der Waals surface area contributed by atoms with E-state index in [2.05, 4.69) is 30.4 Å². The van der Waals surface area contributed by atoms with E-state index in [1.807, 2.05) is 66.9 Å². The molecule has 0 spiro atoms. The van der Waals surface area contributed by atoms with E-state index in [-0.39, 0.29) is 12.5 Å². The van der Waals surface area contributed by atoms with E-state index in [1.54, 1.807) is 0 Å². The lowest BCUT2D eigenvalue weighted by molar-refractivity contribution is -0.116. The van der Waals surface area contributed by atoms with Crippen LogP contribution in [0.15, 0.2) is 66.7 Å². The SMILES string of the molecule is Cc1ccc(C)c(NC(=O)Cn2c(Cc3ccccc3C)nc3ccccc32)c1. The third-order valence-corrected chi connectivity index (χ3v) is 5.31. The van der Waals surface area contributed by atoms with Gasteiger partial charge in [-0.3, -0.25) is 4.79 Å². The van der Waals surface area contributed by atoms with Crippen LogP contribution < -0.4 is 5.32 Å². The molecule has 0 atom stereocenters. The molecule has 0 radical (unpaired) electrons. The highest BCUT2D eigenvalue weighted by Crippen LogP contribution is 2.21. The number of fused-ring (bicyclic) bond motifs is 1. The summed E-state index contributed by atoms with van der Waals surface area (Å²) in [6.45, 7) is 6.37. The van der Waals surface area contributed by atoms with Gasteiger partial charge in [-0.2, -0.15) is 0 Å². The number of nitrogens with zero attached hydrogens (tertiary/aromatic N) is 2. The fraction of sp³-hybridized carbons (Fsp3) is 0.200.